The van der Waals surface area contributed by atoms with Crippen molar-refractivity contribution < 1.29 is 27.5 Å². The van der Waals surface area contributed by atoms with Gasteiger partial charge in [-0.1, -0.05) is 11.6 Å². The number of rotatable bonds is 7. The van der Waals surface area contributed by atoms with Crippen molar-refractivity contribution in [2.24, 2.45) is 5.73 Å². The zero-order chi connectivity index (χ0) is 20.3. The average Bonchev–Trinajstić information content (AvgIpc) is 3.26. The van der Waals surface area contributed by atoms with Gasteiger partial charge in [0.05, 0.1) is 23.2 Å². The van der Waals surface area contributed by atoms with Crippen LogP contribution in [0.1, 0.15) is 29.6 Å². The van der Waals surface area contributed by atoms with E-state index in [-0.39, 0.29) is 41.4 Å². The number of nitrogens with zero attached hydrogens (tertiary/aromatic N) is 1. The maximum Gasteiger partial charge on any atom is 0.260 e. The summed E-state index contributed by atoms with van der Waals surface area (Å²) in [6.07, 6.45) is 2.02. The summed E-state index contributed by atoms with van der Waals surface area (Å²) in [4.78, 5) is 25.9. The number of amides is 2. The number of carbonyl (C=O) groups excluding carboxylic acids is 2. The second-order valence-electron chi connectivity index (χ2n) is 7.03. The Balaban J connectivity index is 1.72. The third kappa shape index (κ3) is 5.15. The predicted molar refractivity (Wildman–Crippen MR) is 103 cm³/mol. The van der Waals surface area contributed by atoms with E-state index in [1.807, 2.05) is 0 Å². The van der Waals surface area contributed by atoms with Gasteiger partial charge in [-0.25, -0.2) is 8.42 Å². The standard InChI is InChI=1S/C18H23ClN2O6S/c19-12-3-4-15(18(20)23)16(8-12)27-10-17(22)21(9-14-2-1-6-26-14)13-5-7-28(24,25)11-13/h3-4,8,13-14H,1-2,5-7,9-11H2,(H2,20,23). The number of carbonyl (C=O) groups is 2. The lowest BCUT2D eigenvalue weighted by molar-refractivity contribution is -0.137. The molecular weight excluding hydrogens is 408 g/mol. The molecule has 1 aromatic rings. The number of hydrogen-bond donors (Lipinski definition) is 1. The largest absolute Gasteiger partial charge is 0.483 e. The van der Waals surface area contributed by atoms with Gasteiger partial charge in [0.2, 0.25) is 0 Å². The van der Waals surface area contributed by atoms with E-state index in [2.05, 4.69) is 0 Å². The second kappa shape index (κ2) is 8.67. The number of ether oxygens (including phenoxy) is 2. The summed E-state index contributed by atoms with van der Waals surface area (Å²) in [5.74, 6) is -0.946. The molecule has 2 fully saturated rings. The topological polar surface area (TPSA) is 116 Å². The molecule has 1 aromatic carbocycles. The minimum atomic E-state index is -3.15. The lowest BCUT2D eigenvalue weighted by Crippen LogP contribution is -2.47. The van der Waals surface area contributed by atoms with Crippen molar-refractivity contribution in [3.63, 3.8) is 0 Å². The van der Waals surface area contributed by atoms with Gasteiger partial charge in [0.25, 0.3) is 11.8 Å². The van der Waals surface area contributed by atoms with E-state index in [9.17, 15) is 18.0 Å². The van der Waals surface area contributed by atoms with Crippen molar-refractivity contribution in [1.82, 2.24) is 4.90 Å². The highest BCUT2D eigenvalue weighted by Crippen LogP contribution is 2.25. The van der Waals surface area contributed by atoms with Crippen LogP contribution in [-0.2, 0) is 19.4 Å². The molecule has 2 aliphatic rings. The predicted octanol–water partition coefficient (Wildman–Crippen LogP) is 1.01. The van der Waals surface area contributed by atoms with Gasteiger partial charge < -0.3 is 20.1 Å². The molecule has 0 radical (unpaired) electrons. The highest BCUT2D eigenvalue weighted by molar-refractivity contribution is 7.91. The van der Waals surface area contributed by atoms with Gasteiger partial charge in [0.15, 0.2) is 16.4 Å². The Bertz CT molecular complexity index is 854. The third-order valence-corrected chi connectivity index (χ3v) is 6.94. The first-order chi connectivity index (χ1) is 13.2. The lowest BCUT2D eigenvalue weighted by Gasteiger charge is -2.30. The van der Waals surface area contributed by atoms with E-state index >= 15 is 0 Å². The molecule has 154 valence electrons. The van der Waals surface area contributed by atoms with Crippen molar-refractivity contribution in [3.8, 4) is 5.75 Å². The maximum atomic E-state index is 12.9. The van der Waals surface area contributed by atoms with Gasteiger partial charge in [-0.15, -0.1) is 0 Å². The molecule has 2 atom stereocenters. The van der Waals surface area contributed by atoms with Crippen LogP contribution in [0, 0.1) is 0 Å². The molecule has 0 aliphatic carbocycles. The van der Waals surface area contributed by atoms with Crippen LogP contribution in [0.5, 0.6) is 5.75 Å². The Kier molecular flexibility index (Phi) is 6.47. The summed E-state index contributed by atoms with van der Waals surface area (Å²) in [5, 5.41) is 0.338. The molecular formula is C18H23ClN2O6S. The van der Waals surface area contributed by atoms with Crippen LogP contribution in [0.3, 0.4) is 0 Å². The molecule has 3 rings (SSSR count). The first-order valence-corrected chi connectivity index (χ1v) is 11.3. The smallest absolute Gasteiger partial charge is 0.260 e. The van der Waals surface area contributed by atoms with Crippen LogP contribution >= 0.6 is 11.6 Å². The minimum Gasteiger partial charge on any atom is -0.483 e. The zero-order valence-corrected chi connectivity index (χ0v) is 16.9. The number of nitrogens with two attached hydrogens (primary N) is 1. The van der Waals surface area contributed by atoms with Crippen LogP contribution < -0.4 is 10.5 Å². The summed E-state index contributed by atoms with van der Waals surface area (Å²) in [6.45, 7) is 0.598. The van der Waals surface area contributed by atoms with Crippen LogP contribution in [0.4, 0.5) is 0 Å². The van der Waals surface area contributed by atoms with Crippen molar-refractivity contribution in [2.75, 3.05) is 31.3 Å². The Morgan fingerprint density at radius 2 is 2.11 bits per heavy atom. The second-order valence-corrected chi connectivity index (χ2v) is 9.70. The van der Waals surface area contributed by atoms with E-state index in [1.54, 1.807) is 0 Å². The molecule has 0 aromatic heterocycles. The minimum absolute atomic E-state index is 0.0604. The first-order valence-electron chi connectivity index (χ1n) is 9.09. The van der Waals surface area contributed by atoms with Crippen LogP contribution in [0.15, 0.2) is 18.2 Å². The van der Waals surface area contributed by atoms with Crippen molar-refractivity contribution in [2.45, 2.75) is 31.4 Å². The fraction of sp³-hybridized carbons (Fsp3) is 0.556. The summed E-state index contributed by atoms with van der Waals surface area (Å²) in [5.41, 5.74) is 5.45. The van der Waals surface area contributed by atoms with Crippen LogP contribution in [0.2, 0.25) is 5.02 Å². The van der Waals surface area contributed by atoms with Gasteiger partial charge in [0.1, 0.15) is 5.75 Å². The van der Waals surface area contributed by atoms with Gasteiger partial charge in [-0.05, 0) is 37.5 Å². The van der Waals surface area contributed by atoms with Crippen molar-refractivity contribution in [3.05, 3.63) is 28.8 Å². The molecule has 10 heteroatoms. The van der Waals surface area contributed by atoms with Gasteiger partial charge >= 0.3 is 0 Å². The number of primary amides is 1. The summed E-state index contributed by atoms with van der Waals surface area (Å²) in [7, 11) is -3.15. The summed E-state index contributed by atoms with van der Waals surface area (Å²) >= 11 is 5.94. The quantitative estimate of drug-likeness (QED) is 0.690. The highest BCUT2D eigenvalue weighted by atomic mass is 35.5. The Morgan fingerprint density at radius 3 is 2.71 bits per heavy atom. The number of halogens is 1. The Labute approximate surface area is 168 Å². The fourth-order valence-corrected chi connectivity index (χ4v) is 5.42. The molecule has 2 saturated heterocycles. The molecule has 2 heterocycles. The van der Waals surface area contributed by atoms with Crippen LogP contribution in [0.25, 0.3) is 0 Å². The molecule has 2 unspecified atom stereocenters. The molecule has 2 aliphatic heterocycles. The normalized spacial score (nSPS) is 23.5. The van der Waals surface area contributed by atoms with Crippen molar-refractivity contribution >= 4 is 33.3 Å². The van der Waals surface area contributed by atoms with Gasteiger partial charge in [0, 0.05) is 24.2 Å². The summed E-state index contributed by atoms with van der Waals surface area (Å²) < 4.78 is 34.9. The molecule has 2 N–H and O–H groups in total. The Hall–Kier alpha value is -1.84. The van der Waals surface area contributed by atoms with E-state index in [0.29, 0.717) is 24.6 Å². The van der Waals surface area contributed by atoms with E-state index < -0.39 is 21.8 Å². The average molecular weight is 431 g/mol. The lowest BCUT2D eigenvalue weighted by atomic mass is 10.1. The fourth-order valence-electron chi connectivity index (χ4n) is 3.52. The molecule has 0 saturated carbocycles. The molecule has 8 nitrogen and oxygen atoms in total. The first kappa shape index (κ1) is 20.9. The Morgan fingerprint density at radius 1 is 1.32 bits per heavy atom. The molecule has 0 bridgehead atoms. The molecule has 28 heavy (non-hydrogen) atoms. The highest BCUT2D eigenvalue weighted by Gasteiger charge is 2.36. The van der Waals surface area contributed by atoms with Crippen molar-refractivity contribution in [1.29, 1.82) is 0 Å². The molecule has 0 spiro atoms. The monoisotopic (exact) mass is 430 g/mol. The number of sulfone groups is 1. The third-order valence-electron chi connectivity index (χ3n) is 4.95. The van der Waals surface area contributed by atoms with Gasteiger partial charge in [-0.2, -0.15) is 0 Å². The molecule has 2 amide bonds. The van der Waals surface area contributed by atoms with E-state index in [4.69, 9.17) is 26.8 Å². The SMILES string of the molecule is NC(=O)c1ccc(Cl)cc1OCC(=O)N(CC1CCCO1)C1CCS(=O)(=O)C1. The van der Waals surface area contributed by atoms with E-state index in [0.717, 1.165) is 12.8 Å². The maximum absolute atomic E-state index is 12.9. The number of benzene rings is 1. The van der Waals surface area contributed by atoms with Crippen LogP contribution in [-0.4, -0.2) is 68.5 Å². The van der Waals surface area contributed by atoms with E-state index in [1.165, 1.54) is 23.1 Å². The zero-order valence-electron chi connectivity index (χ0n) is 15.3. The van der Waals surface area contributed by atoms with Gasteiger partial charge in [-0.3, -0.25) is 9.59 Å². The number of hydrogen-bond acceptors (Lipinski definition) is 6. The summed E-state index contributed by atoms with van der Waals surface area (Å²) in [6, 6.07) is 3.95.